The van der Waals surface area contributed by atoms with E-state index in [1.54, 1.807) is 12.1 Å². The zero-order valence-electron chi connectivity index (χ0n) is 21.8. The fourth-order valence-electron chi connectivity index (χ4n) is 3.54. The number of rotatable bonds is 15. The van der Waals surface area contributed by atoms with Crippen LogP contribution < -0.4 is 27.4 Å². The van der Waals surface area contributed by atoms with Gasteiger partial charge < -0.3 is 37.5 Å². The topological polar surface area (TPSA) is 222 Å². The summed E-state index contributed by atoms with van der Waals surface area (Å²) in [6, 6.07) is 2.29. The molecule has 0 saturated carbocycles. The highest BCUT2D eigenvalue weighted by molar-refractivity contribution is 5.96. The molecule has 0 fully saturated rings. The van der Waals surface area contributed by atoms with E-state index in [-0.39, 0.29) is 36.8 Å². The average Bonchev–Trinajstić information content (AvgIpc) is 3.39. The minimum Gasteiger partial charge on any atom is -0.508 e. The number of phenolic OH excluding ortho intramolecular Hbond substituents is 1. The van der Waals surface area contributed by atoms with Crippen LogP contribution in [-0.4, -0.2) is 62.7 Å². The number of H-pyrrole nitrogens is 1. The van der Waals surface area contributed by atoms with Crippen molar-refractivity contribution in [2.45, 2.75) is 57.7 Å². The predicted octanol–water partition coefficient (Wildman–Crippen LogP) is -0.682. The molecule has 9 N–H and O–H groups in total. The van der Waals surface area contributed by atoms with Crippen LogP contribution in [0, 0.1) is 5.92 Å². The van der Waals surface area contributed by atoms with Gasteiger partial charge in [0, 0.05) is 37.2 Å². The van der Waals surface area contributed by atoms with Gasteiger partial charge in [-0.25, -0.2) is 4.98 Å². The number of nitrogens with zero attached hydrogens (tertiary/aromatic N) is 1. The van der Waals surface area contributed by atoms with Crippen molar-refractivity contribution in [1.82, 2.24) is 25.9 Å². The molecule has 1 aromatic carbocycles. The Bertz CT molecular complexity index is 1160. The Morgan fingerprint density at radius 1 is 1.00 bits per heavy atom. The normalized spacial score (nSPS) is 14.1. The number of benzene rings is 1. The zero-order chi connectivity index (χ0) is 28.9. The quantitative estimate of drug-likeness (QED) is 0.144. The van der Waals surface area contributed by atoms with Gasteiger partial charge in [0.15, 0.2) is 0 Å². The lowest BCUT2D eigenvalue weighted by Crippen LogP contribution is -2.56. The molecule has 210 valence electrons. The highest BCUT2D eigenvalue weighted by Crippen LogP contribution is 2.12. The van der Waals surface area contributed by atoms with Gasteiger partial charge in [0.2, 0.25) is 29.5 Å². The number of primary amides is 2. The summed E-state index contributed by atoms with van der Waals surface area (Å²) in [5, 5.41) is 17.1. The van der Waals surface area contributed by atoms with E-state index in [9.17, 15) is 29.1 Å². The second-order valence-electron chi connectivity index (χ2n) is 9.20. The smallest absolute Gasteiger partial charge is 0.247 e. The summed E-state index contributed by atoms with van der Waals surface area (Å²) in [6.45, 7) is 3.86. The average molecular weight is 542 g/mol. The third kappa shape index (κ3) is 10.7. The lowest BCUT2D eigenvalue weighted by molar-refractivity contribution is -0.132. The molecule has 5 amide bonds. The molecule has 0 radical (unpaired) electrons. The van der Waals surface area contributed by atoms with Gasteiger partial charge in [-0.15, -0.1) is 0 Å². The van der Waals surface area contributed by atoms with E-state index in [4.69, 9.17) is 11.5 Å². The van der Waals surface area contributed by atoms with E-state index in [1.807, 2.05) is 13.8 Å². The monoisotopic (exact) mass is 541 g/mol. The molecule has 13 heteroatoms. The Kier molecular flexibility index (Phi) is 11.7. The van der Waals surface area contributed by atoms with Crippen molar-refractivity contribution in [2.75, 3.05) is 0 Å². The number of nitrogens with two attached hydrogens (primary N) is 2. The van der Waals surface area contributed by atoms with Crippen LogP contribution in [0.3, 0.4) is 0 Å². The predicted molar refractivity (Wildman–Crippen MR) is 141 cm³/mol. The first kappa shape index (κ1) is 30.5. The molecular weight excluding hydrogens is 506 g/mol. The van der Waals surface area contributed by atoms with Crippen LogP contribution in [0.2, 0.25) is 0 Å². The van der Waals surface area contributed by atoms with Gasteiger partial charge in [0.25, 0.3) is 0 Å². The number of carbonyl (C=O) groups is 5. The highest BCUT2D eigenvalue weighted by Gasteiger charge is 2.29. The number of aromatic hydroxyl groups is 1. The summed E-state index contributed by atoms with van der Waals surface area (Å²) >= 11 is 0. The molecule has 2 rings (SSSR count). The van der Waals surface area contributed by atoms with E-state index in [0.717, 1.165) is 18.6 Å². The van der Waals surface area contributed by atoms with Crippen LogP contribution >= 0.6 is 0 Å². The van der Waals surface area contributed by atoms with E-state index < -0.39 is 41.8 Å². The molecule has 13 nitrogen and oxygen atoms in total. The third-order valence-electron chi connectivity index (χ3n) is 5.93. The van der Waals surface area contributed by atoms with Crippen LogP contribution in [0.25, 0.3) is 0 Å². The Morgan fingerprint density at radius 3 is 2.26 bits per heavy atom. The molecular formula is C26H35N7O6. The van der Waals surface area contributed by atoms with E-state index >= 15 is 0 Å². The second-order valence-corrected chi connectivity index (χ2v) is 9.20. The number of amides is 5. The van der Waals surface area contributed by atoms with Gasteiger partial charge in [-0.05, 0) is 29.7 Å². The number of hydrogen-bond donors (Lipinski definition) is 7. The Morgan fingerprint density at radius 2 is 1.69 bits per heavy atom. The fourth-order valence-corrected chi connectivity index (χ4v) is 3.54. The third-order valence-corrected chi connectivity index (χ3v) is 5.93. The molecule has 2 aromatic rings. The van der Waals surface area contributed by atoms with Crippen molar-refractivity contribution in [3.05, 3.63) is 60.2 Å². The standard InChI is InChI=1S/C26H35N7O6/c1-3-15(2)10-23(36)31-21(12-17-13-29-14-30-17)26(39)32-19(8-9-22(27)35)25(38)33-20(24(28)37)11-16-4-6-18(34)7-5-16/h4-9,13-15,19-21,34H,3,10-12H2,1-2H3,(H2,27,35)(H2,28,37)(H,29,30)(H,31,36)(H,32,39)(H,33,38)/b9-8+/t15-,19-,20-,21-/m1/s1. The number of imidazole rings is 1. The first-order valence-corrected chi connectivity index (χ1v) is 12.4. The number of aromatic nitrogens is 2. The lowest BCUT2D eigenvalue weighted by Gasteiger charge is -2.23. The molecule has 0 aliphatic carbocycles. The molecule has 1 aromatic heterocycles. The molecule has 1 heterocycles. The Hall–Kier alpha value is -4.68. The lowest BCUT2D eigenvalue weighted by atomic mass is 10.0. The molecule has 0 saturated heterocycles. The summed E-state index contributed by atoms with van der Waals surface area (Å²) < 4.78 is 0. The molecule has 0 aliphatic heterocycles. The van der Waals surface area contributed by atoms with Crippen LogP contribution in [0.15, 0.2) is 48.9 Å². The molecule has 4 atom stereocenters. The maximum absolute atomic E-state index is 13.3. The van der Waals surface area contributed by atoms with E-state index in [0.29, 0.717) is 11.3 Å². The number of phenols is 1. The van der Waals surface area contributed by atoms with Gasteiger partial charge in [0.05, 0.1) is 6.33 Å². The van der Waals surface area contributed by atoms with Gasteiger partial charge in [-0.1, -0.05) is 32.4 Å². The van der Waals surface area contributed by atoms with Crippen LogP contribution in [0.1, 0.15) is 37.9 Å². The fraction of sp³-hybridized carbons (Fsp3) is 0.385. The van der Waals surface area contributed by atoms with Gasteiger partial charge in [-0.3, -0.25) is 24.0 Å². The molecule has 0 bridgehead atoms. The van der Waals surface area contributed by atoms with Crippen molar-refractivity contribution >= 4 is 29.5 Å². The van der Waals surface area contributed by atoms with Crippen molar-refractivity contribution in [3.8, 4) is 5.75 Å². The first-order valence-electron chi connectivity index (χ1n) is 12.4. The SMILES string of the molecule is CC[C@@H](C)CC(=O)N[C@H](Cc1cnc[nH]1)C(=O)N[C@H](/C=C/C(N)=O)C(=O)N[C@H](Cc1ccc(O)cc1)C(N)=O. The summed E-state index contributed by atoms with van der Waals surface area (Å²) in [4.78, 5) is 69.1. The number of nitrogens with one attached hydrogen (secondary N) is 4. The molecule has 0 unspecified atom stereocenters. The van der Waals surface area contributed by atoms with Gasteiger partial charge >= 0.3 is 0 Å². The van der Waals surface area contributed by atoms with Gasteiger partial charge in [-0.2, -0.15) is 0 Å². The summed E-state index contributed by atoms with van der Waals surface area (Å²) in [7, 11) is 0. The molecule has 0 aliphatic rings. The summed E-state index contributed by atoms with van der Waals surface area (Å²) in [5.41, 5.74) is 11.8. The van der Waals surface area contributed by atoms with Crippen molar-refractivity contribution in [3.63, 3.8) is 0 Å². The minimum atomic E-state index is -1.43. The van der Waals surface area contributed by atoms with Gasteiger partial charge in [0.1, 0.15) is 23.9 Å². The number of hydrogen-bond acceptors (Lipinski definition) is 7. The van der Waals surface area contributed by atoms with Crippen LogP contribution in [0.5, 0.6) is 5.75 Å². The van der Waals surface area contributed by atoms with Crippen molar-refractivity contribution < 1.29 is 29.1 Å². The summed E-state index contributed by atoms with van der Waals surface area (Å²) in [5.74, 6) is -3.49. The molecule has 0 spiro atoms. The van der Waals surface area contributed by atoms with E-state index in [2.05, 4.69) is 25.9 Å². The van der Waals surface area contributed by atoms with Crippen LogP contribution in [0.4, 0.5) is 0 Å². The molecule has 39 heavy (non-hydrogen) atoms. The number of aromatic amines is 1. The van der Waals surface area contributed by atoms with Crippen molar-refractivity contribution in [2.24, 2.45) is 17.4 Å². The first-order chi connectivity index (χ1) is 18.5. The maximum atomic E-state index is 13.3. The maximum Gasteiger partial charge on any atom is 0.247 e. The van der Waals surface area contributed by atoms with E-state index in [1.165, 1.54) is 24.7 Å². The zero-order valence-corrected chi connectivity index (χ0v) is 21.8. The largest absolute Gasteiger partial charge is 0.508 e. The Balaban J connectivity index is 2.22. The number of carbonyl (C=O) groups excluding carboxylic acids is 5. The second kappa shape index (κ2) is 14.9. The minimum absolute atomic E-state index is 0.00960. The van der Waals surface area contributed by atoms with Crippen LogP contribution in [-0.2, 0) is 36.8 Å². The highest BCUT2D eigenvalue weighted by atomic mass is 16.3. The van der Waals surface area contributed by atoms with Crippen molar-refractivity contribution in [1.29, 1.82) is 0 Å². The Labute approximate surface area is 225 Å². The summed E-state index contributed by atoms with van der Waals surface area (Å²) in [6.07, 6.45) is 5.93.